The van der Waals surface area contributed by atoms with Gasteiger partial charge in [-0.3, -0.25) is 0 Å². The van der Waals surface area contributed by atoms with E-state index < -0.39 is 7.12 Å². The average Bonchev–Trinajstić information content (AvgIpc) is 2.91. The lowest BCUT2D eigenvalue weighted by molar-refractivity contribution is 0.324. The highest BCUT2D eigenvalue weighted by atomic mass is 16.5. The number of anilines is 1. The Morgan fingerprint density at radius 3 is 2.57 bits per heavy atom. The molecule has 1 aliphatic heterocycles. The molecule has 108 valence electrons. The van der Waals surface area contributed by atoms with Crippen LogP contribution in [-0.2, 0) is 6.42 Å². The molecule has 0 saturated heterocycles. The first-order valence-corrected chi connectivity index (χ1v) is 7.16. The van der Waals surface area contributed by atoms with Crippen molar-refractivity contribution in [1.29, 1.82) is 0 Å². The maximum absolute atomic E-state index is 9.04. The number of hydrogen-bond acceptors (Lipinski definition) is 4. The van der Waals surface area contributed by atoms with Crippen LogP contribution in [0.5, 0.6) is 5.75 Å². The van der Waals surface area contributed by atoms with Gasteiger partial charge in [-0.2, -0.15) is 0 Å². The molecule has 2 aromatic carbocycles. The van der Waals surface area contributed by atoms with Gasteiger partial charge in [0.15, 0.2) is 0 Å². The minimum atomic E-state index is -1.43. The first-order chi connectivity index (χ1) is 10.2. The molecular formula is C16H18BNO3. The monoisotopic (exact) mass is 283 g/mol. The van der Waals surface area contributed by atoms with Crippen LogP contribution in [-0.4, -0.2) is 36.9 Å². The number of ether oxygens (including phenoxy) is 1. The van der Waals surface area contributed by atoms with Crippen molar-refractivity contribution in [2.75, 3.05) is 24.6 Å². The van der Waals surface area contributed by atoms with Gasteiger partial charge in [-0.1, -0.05) is 30.3 Å². The van der Waals surface area contributed by atoms with Gasteiger partial charge in [0.25, 0.3) is 0 Å². The van der Waals surface area contributed by atoms with E-state index in [1.165, 1.54) is 11.3 Å². The number of fused-ring (bicyclic) bond motifs is 1. The summed E-state index contributed by atoms with van der Waals surface area (Å²) in [6.45, 7) is 2.50. The van der Waals surface area contributed by atoms with Crippen molar-refractivity contribution in [3.63, 3.8) is 0 Å². The summed E-state index contributed by atoms with van der Waals surface area (Å²) in [4.78, 5) is 2.33. The van der Waals surface area contributed by atoms with E-state index in [4.69, 9.17) is 14.8 Å². The van der Waals surface area contributed by atoms with Crippen molar-refractivity contribution in [2.24, 2.45) is 0 Å². The smallest absolute Gasteiger partial charge is 0.488 e. The molecule has 0 unspecified atom stereocenters. The molecule has 2 aromatic rings. The first-order valence-electron chi connectivity index (χ1n) is 7.16. The SMILES string of the molecule is OB(O)c1ccc(OCCN2CCc3ccccc32)cc1. The van der Waals surface area contributed by atoms with E-state index >= 15 is 0 Å². The lowest BCUT2D eigenvalue weighted by Crippen LogP contribution is -2.29. The lowest BCUT2D eigenvalue weighted by Gasteiger charge is -2.19. The van der Waals surface area contributed by atoms with E-state index in [2.05, 4.69) is 29.2 Å². The van der Waals surface area contributed by atoms with Gasteiger partial charge in [0.2, 0.25) is 0 Å². The van der Waals surface area contributed by atoms with Crippen molar-refractivity contribution >= 4 is 18.3 Å². The van der Waals surface area contributed by atoms with Crippen LogP contribution in [0.2, 0.25) is 0 Å². The number of rotatable bonds is 5. The first kappa shape index (κ1) is 14.0. The van der Waals surface area contributed by atoms with E-state index in [0.717, 1.165) is 25.3 Å². The lowest BCUT2D eigenvalue weighted by atomic mass is 9.80. The van der Waals surface area contributed by atoms with Gasteiger partial charge in [-0.25, -0.2) is 0 Å². The molecule has 5 heteroatoms. The van der Waals surface area contributed by atoms with Crippen molar-refractivity contribution in [3.8, 4) is 5.75 Å². The third-order valence-corrected chi connectivity index (χ3v) is 3.79. The van der Waals surface area contributed by atoms with Crippen LogP contribution in [0, 0.1) is 0 Å². The Morgan fingerprint density at radius 2 is 1.81 bits per heavy atom. The highest BCUT2D eigenvalue weighted by Crippen LogP contribution is 2.26. The number of para-hydroxylation sites is 1. The molecule has 0 radical (unpaired) electrons. The molecule has 0 spiro atoms. The van der Waals surface area contributed by atoms with Crippen LogP contribution in [0.1, 0.15) is 5.56 Å². The van der Waals surface area contributed by atoms with Gasteiger partial charge in [0.05, 0.1) is 6.54 Å². The van der Waals surface area contributed by atoms with Crippen LogP contribution < -0.4 is 15.1 Å². The van der Waals surface area contributed by atoms with E-state index in [9.17, 15) is 0 Å². The van der Waals surface area contributed by atoms with E-state index in [0.29, 0.717) is 12.1 Å². The van der Waals surface area contributed by atoms with Gasteiger partial charge >= 0.3 is 7.12 Å². The maximum atomic E-state index is 9.04. The quantitative estimate of drug-likeness (QED) is 0.797. The predicted molar refractivity (Wildman–Crippen MR) is 84.1 cm³/mol. The third kappa shape index (κ3) is 3.20. The topological polar surface area (TPSA) is 52.9 Å². The molecule has 1 aliphatic rings. The fraction of sp³-hybridized carbons (Fsp3) is 0.250. The van der Waals surface area contributed by atoms with Crippen LogP contribution >= 0.6 is 0 Å². The Kier molecular flexibility index (Phi) is 4.13. The second kappa shape index (κ2) is 6.20. The molecule has 0 aromatic heterocycles. The van der Waals surface area contributed by atoms with Crippen LogP contribution in [0.4, 0.5) is 5.69 Å². The van der Waals surface area contributed by atoms with Crippen molar-refractivity contribution in [1.82, 2.24) is 0 Å². The highest BCUT2D eigenvalue weighted by Gasteiger charge is 2.17. The Labute approximate surface area is 124 Å². The molecule has 0 amide bonds. The van der Waals surface area contributed by atoms with Crippen molar-refractivity contribution in [2.45, 2.75) is 6.42 Å². The summed E-state index contributed by atoms with van der Waals surface area (Å²) in [5.41, 5.74) is 3.18. The van der Waals surface area contributed by atoms with Gasteiger partial charge in [0.1, 0.15) is 12.4 Å². The van der Waals surface area contributed by atoms with E-state index in [1.807, 2.05) is 0 Å². The van der Waals surface area contributed by atoms with E-state index in [-0.39, 0.29) is 0 Å². The standard InChI is InChI=1S/C16H18BNO3/c19-17(20)14-5-7-15(8-6-14)21-12-11-18-10-9-13-3-1-2-4-16(13)18/h1-8,19-20H,9-12H2. The largest absolute Gasteiger partial charge is 0.492 e. The molecule has 0 atom stereocenters. The third-order valence-electron chi connectivity index (χ3n) is 3.79. The van der Waals surface area contributed by atoms with E-state index in [1.54, 1.807) is 24.3 Å². The Morgan fingerprint density at radius 1 is 1.05 bits per heavy atom. The fourth-order valence-corrected chi connectivity index (χ4v) is 2.65. The van der Waals surface area contributed by atoms with Gasteiger partial charge in [-0.05, 0) is 35.6 Å². The summed E-state index contributed by atoms with van der Waals surface area (Å²) in [6, 6.07) is 15.3. The molecular weight excluding hydrogens is 265 g/mol. The van der Waals surface area contributed by atoms with Crippen LogP contribution in [0.25, 0.3) is 0 Å². The van der Waals surface area contributed by atoms with Crippen molar-refractivity contribution in [3.05, 3.63) is 54.1 Å². The Balaban J connectivity index is 1.53. The molecule has 1 heterocycles. The second-order valence-electron chi connectivity index (χ2n) is 5.16. The molecule has 0 fully saturated rings. The van der Waals surface area contributed by atoms with Crippen molar-refractivity contribution < 1.29 is 14.8 Å². The molecule has 0 bridgehead atoms. The summed E-state index contributed by atoms with van der Waals surface area (Å²) < 4.78 is 5.71. The molecule has 0 saturated carbocycles. The minimum Gasteiger partial charge on any atom is -0.492 e. The number of hydrogen-bond donors (Lipinski definition) is 2. The van der Waals surface area contributed by atoms with Gasteiger partial charge < -0.3 is 19.7 Å². The zero-order valence-electron chi connectivity index (χ0n) is 11.8. The highest BCUT2D eigenvalue weighted by molar-refractivity contribution is 6.58. The zero-order chi connectivity index (χ0) is 14.7. The predicted octanol–water partition coefficient (Wildman–Crippen LogP) is 0.808. The van der Waals surface area contributed by atoms with Crippen LogP contribution in [0.15, 0.2) is 48.5 Å². The summed E-state index contributed by atoms with van der Waals surface area (Å²) >= 11 is 0. The molecule has 3 rings (SSSR count). The fourth-order valence-electron chi connectivity index (χ4n) is 2.65. The normalized spacial score (nSPS) is 13.1. The minimum absolute atomic E-state index is 0.468. The number of nitrogens with zero attached hydrogens (tertiary/aromatic N) is 1. The molecule has 4 nitrogen and oxygen atoms in total. The molecule has 21 heavy (non-hydrogen) atoms. The maximum Gasteiger partial charge on any atom is 0.488 e. The average molecular weight is 283 g/mol. The Hall–Kier alpha value is -1.98. The summed E-state index contributed by atoms with van der Waals surface area (Å²) in [5, 5.41) is 18.1. The zero-order valence-corrected chi connectivity index (χ0v) is 11.8. The summed E-state index contributed by atoms with van der Waals surface area (Å²) in [5.74, 6) is 0.742. The van der Waals surface area contributed by atoms with Crippen LogP contribution in [0.3, 0.4) is 0 Å². The summed E-state index contributed by atoms with van der Waals surface area (Å²) in [6.07, 6.45) is 1.10. The number of benzene rings is 2. The molecule has 0 aliphatic carbocycles. The summed E-state index contributed by atoms with van der Waals surface area (Å²) in [7, 11) is -1.43. The van der Waals surface area contributed by atoms with Gasteiger partial charge in [-0.15, -0.1) is 0 Å². The second-order valence-corrected chi connectivity index (χ2v) is 5.16. The molecule has 2 N–H and O–H groups in total. The van der Waals surface area contributed by atoms with Gasteiger partial charge in [0, 0.05) is 12.2 Å². The Bertz CT molecular complexity index is 601.